The van der Waals surface area contributed by atoms with E-state index in [4.69, 9.17) is 4.98 Å². The van der Waals surface area contributed by atoms with Crippen molar-refractivity contribution in [3.8, 4) is 66.9 Å². The van der Waals surface area contributed by atoms with Gasteiger partial charge in [0, 0.05) is 44.7 Å². The van der Waals surface area contributed by atoms with E-state index in [1.54, 1.807) is 12.1 Å². The van der Waals surface area contributed by atoms with Crippen molar-refractivity contribution in [3.05, 3.63) is 294 Å². The Labute approximate surface area is 472 Å². The Hall–Kier alpha value is -9.71. The maximum absolute atomic E-state index is 16.3. The highest BCUT2D eigenvalue weighted by Gasteiger charge is 2.43. The Morgan fingerprint density at radius 1 is 0.321 bits per heavy atom. The normalized spacial score (nSPS) is 13.3. The third-order valence-electron chi connectivity index (χ3n) is 17.0. The Kier molecular flexibility index (Phi) is 11.8. The zero-order valence-electron chi connectivity index (χ0n) is 45.8. The van der Waals surface area contributed by atoms with E-state index in [1.807, 2.05) is 95.9 Å². The van der Waals surface area contributed by atoms with Gasteiger partial charge in [-0.15, -0.1) is 0 Å². The van der Waals surface area contributed by atoms with Gasteiger partial charge in [-0.1, -0.05) is 203 Å². The van der Waals surface area contributed by atoms with E-state index < -0.39 is 5.41 Å². The fourth-order valence-electron chi connectivity index (χ4n) is 12.7. The summed E-state index contributed by atoms with van der Waals surface area (Å²) in [7, 11) is 0. The number of anilines is 6. The van der Waals surface area contributed by atoms with Crippen LogP contribution in [0.25, 0.3) is 77.7 Å². The Morgan fingerprint density at radius 2 is 0.765 bits per heavy atom. The second-order valence-electron chi connectivity index (χ2n) is 22.7. The summed E-state index contributed by atoms with van der Waals surface area (Å²) >= 11 is 0. The molecule has 3 nitrogen and oxygen atoms in total. The second kappa shape index (κ2) is 19.3. The van der Waals surface area contributed by atoms with E-state index in [0.29, 0.717) is 11.4 Å². The highest BCUT2D eigenvalue weighted by Crippen LogP contribution is 2.56. The number of rotatable bonds is 10. The first-order chi connectivity index (χ1) is 39.4. The minimum absolute atomic E-state index is 0.290. The van der Waals surface area contributed by atoms with Gasteiger partial charge >= 0.3 is 0 Å². The molecule has 1 aromatic heterocycles. The number of aromatic nitrogens is 1. The van der Waals surface area contributed by atoms with Crippen LogP contribution in [-0.4, -0.2) is 4.98 Å². The molecular weight excluding hydrogens is 993 g/mol. The predicted molar refractivity (Wildman–Crippen MR) is 333 cm³/mol. The molecule has 0 N–H and O–H groups in total. The number of hydrogen-bond donors (Lipinski definition) is 0. The average molecular weight is 1050 g/mol. The molecule has 0 bridgehead atoms. The fraction of sp³-hybridized carbons (Fsp3) is 0.0921. The van der Waals surface area contributed by atoms with Crippen LogP contribution in [0.4, 0.5) is 42.9 Å². The molecule has 0 unspecified atom stereocenters. The lowest BCUT2D eigenvalue weighted by molar-refractivity contribution is 0.628. The molecule has 0 spiro atoms. The van der Waals surface area contributed by atoms with Crippen LogP contribution in [0.1, 0.15) is 55.6 Å². The van der Waals surface area contributed by atoms with Gasteiger partial charge in [-0.25, -0.2) is 8.78 Å². The highest BCUT2D eigenvalue weighted by molar-refractivity contribution is 6.05. The third kappa shape index (κ3) is 8.34. The molecule has 12 aromatic rings. The van der Waals surface area contributed by atoms with Crippen molar-refractivity contribution in [2.45, 2.75) is 45.4 Å². The van der Waals surface area contributed by atoms with Gasteiger partial charge in [-0.3, -0.25) is 4.98 Å². The van der Waals surface area contributed by atoms with E-state index in [2.05, 4.69) is 191 Å². The SMILES string of the molecule is Cc1ccc(N(c2ccc3c(c2)C(C)(C)c2nc4c(cc2-3)C(C)(C)c2cc(-c3ccc(-c5ccc(N(c6ccccc6)c6cc(-c7ccccc7)ccc6F)cc5)c5ccccc35)ccc2-4)c2cc(-c3ccccc3)ccc2F)cc1. The molecule has 0 saturated heterocycles. The fourth-order valence-corrected chi connectivity index (χ4v) is 12.7. The van der Waals surface area contributed by atoms with Crippen LogP contribution in [0.3, 0.4) is 0 Å². The van der Waals surface area contributed by atoms with Crippen LogP contribution in [0, 0.1) is 18.6 Å². The van der Waals surface area contributed by atoms with Gasteiger partial charge in [-0.05, 0) is 169 Å². The topological polar surface area (TPSA) is 19.4 Å². The lowest BCUT2D eigenvalue weighted by Gasteiger charge is -2.28. The number of pyridine rings is 1. The molecule has 0 aliphatic heterocycles. The lowest BCUT2D eigenvalue weighted by atomic mass is 9.80. The Bertz CT molecular complexity index is 4420. The molecule has 1 heterocycles. The summed E-state index contributed by atoms with van der Waals surface area (Å²) in [5, 5.41) is 2.32. The van der Waals surface area contributed by atoms with Crippen molar-refractivity contribution in [1.29, 1.82) is 0 Å². The number of benzene rings is 11. The molecule has 0 saturated carbocycles. The van der Waals surface area contributed by atoms with Gasteiger partial charge in [0.2, 0.25) is 0 Å². The quantitative estimate of drug-likeness (QED) is 0.136. The van der Waals surface area contributed by atoms with Crippen LogP contribution in [0.2, 0.25) is 0 Å². The summed E-state index contributed by atoms with van der Waals surface area (Å²) < 4.78 is 32.4. The summed E-state index contributed by atoms with van der Waals surface area (Å²) in [6.07, 6.45) is 0. The number of fused-ring (bicyclic) bond motifs is 7. The van der Waals surface area contributed by atoms with Gasteiger partial charge in [0.05, 0.1) is 22.8 Å². The number of aryl methyl sites for hydroxylation is 1. The van der Waals surface area contributed by atoms with Crippen LogP contribution >= 0.6 is 0 Å². The summed E-state index contributed by atoms with van der Waals surface area (Å²) in [5.74, 6) is -0.586. The zero-order valence-corrected chi connectivity index (χ0v) is 45.8. The summed E-state index contributed by atoms with van der Waals surface area (Å²) in [4.78, 5) is 9.72. The monoisotopic (exact) mass is 1050 g/mol. The van der Waals surface area contributed by atoms with E-state index >= 15 is 8.78 Å². The number of nitrogens with zero attached hydrogens (tertiary/aromatic N) is 3. The summed E-state index contributed by atoms with van der Waals surface area (Å²) in [5.41, 5.74) is 22.5. The maximum Gasteiger partial charge on any atom is 0.147 e. The van der Waals surface area contributed by atoms with Crippen molar-refractivity contribution < 1.29 is 8.78 Å². The molecule has 14 rings (SSSR count). The standard InChI is InChI=1S/C76H57F2N3/c1-48-25-32-56(33-26-48)81(72-45-53(31-42-70(72)78)50-19-11-7-12-20-50)58-36-38-63-65-47-68-73(79-74(65)76(4,5)67(63)46-58)64-37-29-54(43-66(64)75(68,2)3)60-40-39-59(61-23-15-16-24-62(60)61)51-27-34-57(35-28-51)80(55-21-13-8-14-22-55)71-44-52(30-41-69(71)77)49-17-9-6-10-18-49/h6-47H,1-5H3. The first kappa shape index (κ1) is 49.6. The molecule has 5 heteroatoms. The van der Waals surface area contributed by atoms with Crippen LogP contribution in [0.15, 0.2) is 255 Å². The Balaban J connectivity index is 0.795. The van der Waals surface area contributed by atoms with Gasteiger partial charge in [0.1, 0.15) is 11.6 Å². The van der Waals surface area contributed by atoms with Gasteiger partial charge in [0.15, 0.2) is 0 Å². The minimum atomic E-state index is -0.444. The predicted octanol–water partition coefficient (Wildman–Crippen LogP) is 21.0. The average Bonchev–Trinajstić information content (AvgIpc) is 2.90. The minimum Gasteiger partial charge on any atom is -0.308 e. The molecule has 2 aliphatic rings. The molecule has 0 atom stereocenters. The van der Waals surface area contributed by atoms with Crippen LogP contribution < -0.4 is 9.80 Å². The molecule has 0 amide bonds. The van der Waals surface area contributed by atoms with E-state index in [1.165, 1.54) is 16.5 Å². The summed E-state index contributed by atoms with van der Waals surface area (Å²) in [6, 6.07) is 86.9. The van der Waals surface area contributed by atoms with Crippen molar-refractivity contribution in [1.82, 2.24) is 4.98 Å². The molecule has 2 aliphatic carbocycles. The molecular formula is C76H57F2N3. The van der Waals surface area contributed by atoms with Crippen LogP contribution in [-0.2, 0) is 10.8 Å². The van der Waals surface area contributed by atoms with E-state index in [-0.39, 0.29) is 17.0 Å². The van der Waals surface area contributed by atoms with Crippen molar-refractivity contribution in [2.24, 2.45) is 0 Å². The largest absolute Gasteiger partial charge is 0.308 e. The third-order valence-corrected chi connectivity index (χ3v) is 17.0. The van der Waals surface area contributed by atoms with Gasteiger partial charge in [-0.2, -0.15) is 0 Å². The van der Waals surface area contributed by atoms with Gasteiger partial charge < -0.3 is 9.80 Å². The van der Waals surface area contributed by atoms with Crippen molar-refractivity contribution in [2.75, 3.05) is 9.80 Å². The maximum atomic E-state index is 16.3. The molecule has 0 fully saturated rings. The highest BCUT2D eigenvalue weighted by atomic mass is 19.1. The van der Waals surface area contributed by atoms with Crippen molar-refractivity contribution in [3.63, 3.8) is 0 Å². The van der Waals surface area contributed by atoms with Crippen LogP contribution in [0.5, 0.6) is 0 Å². The summed E-state index contributed by atoms with van der Waals surface area (Å²) in [6.45, 7) is 11.3. The first-order valence-corrected chi connectivity index (χ1v) is 27.8. The van der Waals surface area contributed by atoms with Gasteiger partial charge in [0.25, 0.3) is 0 Å². The first-order valence-electron chi connectivity index (χ1n) is 27.8. The molecule has 11 aromatic carbocycles. The number of hydrogen-bond acceptors (Lipinski definition) is 3. The molecule has 81 heavy (non-hydrogen) atoms. The van der Waals surface area contributed by atoms with E-state index in [9.17, 15) is 0 Å². The number of para-hydroxylation sites is 1. The van der Waals surface area contributed by atoms with Crippen molar-refractivity contribution >= 4 is 44.9 Å². The lowest BCUT2D eigenvalue weighted by Crippen LogP contribution is -2.19. The molecule has 0 radical (unpaired) electrons. The smallest absolute Gasteiger partial charge is 0.147 e. The number of halogens is 2. The van der Waals surface area contributed by atoms with E-state index in [0.717, 1.165) is 112 Å². The zero-order chi connectivity index (χ0) is 55.1. The second-order valence-corrected chi connectivity index (χ2v) is 22.7. The molecule has 390 valence electrons. The Morgan fingerprint density at radius 3 is 1.36 bits per heavy atom.